The van der Waals surface area contributed by atoms with E-state index in [1.807, 2.05) is 18.2 Å². The van der Waals surface area contributed by atoms with Gasteiger partial charge < -0.3 is 14.8 Å². The summed E-state index contributed by atoms with van der Waals surface area (Å²) >= 11 is 1.64. The fourth-order valence-corrected chi connectivity index (χ4v) is 3.64. The van der Waals surface area contributed by atoms with E-state index in [9.17, 15) is 4.79 Å². The molecule has 140 valence electrons. The summed E-state index contributed by atoms with van der Waals surface area (Å²) in [5.74, 6) is 2.81. The zero-order valence-electron chi connectivity index (χ0n) is 15.9. The zero-order valence-corrected chi connectivity index (χ0v) is 16.7. The van der Waals surface area contributed by atoms with Crippen molar-refractivity contribution in [3.8, 4) is 11.5 Å². The number of ether oxygens (including phenoxy) is 2. The Morgan fingerprint density at radius 1 is 0.962 bits per heavy atom. The Bertz CT molecular complexity index is 726. The average Bonchev–Trinajstić information content (AvgIpc) is 2.60. The molecule has 0 saturated carbocycles. The molecule has 0 fully saturated rings. The van der Waals surface area contributed by atoms with E-state index >= 15 is 0 Å². The first-order chi connectivity index (χ1) is 12.5. The Morgan fingerprint density at radius 2 is 1.65 bits per heavy atom. The van der Waals surface area contributed by atoms with Crippen molar-refractivity contribution in [1.82, 2.24) is 5.32 Å². The molecule has 2 aromatic rings. The van der Waals surface area contributed by atoms with E-state index in [1.54, 1.807) is 26.0 Å². The maximum atomic E-state index is 12.0. The Kier molecular flexibility index (Phi) is 7.85. The number of benzene rings is 2. The third-order valence-corrected chi connectivity index (χ3v) is 4.97. The second kappa shape index (κ2) is 10.1. The van der Waals surface area contributed by atoms with E-state index in [4.69, 9.17) is 9.47 Å². The number of amides is 1. The van der Waals surface area contributed by atoms with Crippen LogP contribution < -0.4 is 14.8 Å². The number of rotatable bonds is 9. The van der Waals surface area contributed by atoms with Crippen molar-refractivity contribution in [2.45, 2.75) is 26.0 Å². The SMILES string of the molecule is COc1ccc(CCNC(=O)CSCc2cc(C)cc(C)c2)cc1OC. The van der Waals surface area contributed by atoms with Crippen molar-refractivity contribution < 1.29 is 14.3 Å². The van der Waals surface area contributed by atoms with Gasteiger partial charge in [0, 0.05) is 12.3 Å². The highest BCUT2D eigenvalue weighted by atomic mass is 32.2. The first-order valence-electron chi connectivity index (χ1n) is 8.64. The number of carbonyl (C=O) groups excluding carboxylic acids is 1. The molecule has 1 N–H and O–H groups in total. The normalized spacial score (nSPS) is 10.5. The molecule has 26 heavy (non-hydrogen) atoms. The van der Waals surface area contributed by atoms with Gasteiger partial charge in [-0.25, -0.2) is 0 Å². The van der Waals surface area contributed by atoms with Crippen LogP contribution in [0.15, 0.2) is 36.4 Å². The fourth-order valence-electron chi connectivity index (χ4n) is 2.85. The van der Waals surface area contributed by atoms with Crippen LogP contribution >= 0.6 is 11.8 Å². The monoisotopic (exact) mass is 373 g/mol. The van der Waals surface area contributed by atoms with Crippen LogP contribution in [0.4, 0.5) is 0 Å². The van der Waals surface area contributed by atoms with Crippen LogP contribution in [0.25, 0.3) is 0 Å². The number of carbonyl (C=O) groups is 1. The predicted octanol–water partition coefficient (Wildman–Crippen LogP) is 3.91. The van der Waals surface area contributed by atoms with Gasteiger partial charge in [0.2, 0.25) is 5.91 Å². The van der Waals surface area contributed by atoms with Crippen molar-refractivity contribution in [1.29, 1.82) is 0 Å². The molecule has 0 aliphatic heterocycles. The number of hydrogen-bond acceptors (Lipinski definition) is 4. The summed E-state index contributed by atoms with van der Waals surface area (Å²) in [5.41, 5.74) is 4.90. The van der Waals surface area contributed by atoms with Crippen LogP contribution in [0, 0.1) is 13.8 Å². The summed E-state index contributed by atoms with van der Waals surface area (Å²) in [4.78, 5) is 12.0. The van der Waals surface area contributed by atoms with Gasteiger partial charge in [-0.05, 0) is 43.5 Å². The zero-order chi connectivity index (χ0) is 18.9. The summed E-state index contributed by atoms with van der Waals surface area (Å²) in [5, 5.41) is 2.97. The Labute approximate surface area is 160 Å². The first-order valence-corrected chi connectivity index (χ1v) is 9.80. The van der Waals surface area contributed by atoms with Gasteiger partial charge in [-0.15, -0.1) is 11.8 Å². The predicted molar refractivity (Wildman–Crippen MR) is 108 cm³/mol. The molecule has 1 amide bonds. The van der Waals surface area contributed by atoms with Crippen molar-refractivity contribution in [2.24, 2.45) is 0 Å². The molecule has 0 bridgehead atoms. The van der Waals surface area contributed by atoms with Crippen molar-refractivity contribution in [3.05, 3.63) is 58.7 Å². The van der Waals surface area contributed by atoms with E-state index in [2.05, 4.69) is 37.4 Å². The van der Waals surface area contributed by atoms with Crippen molar-refractivity contribution in [3.63, 3.8) is 0 Å². The Morgan fingerprint density at radius 3 is 2.31 bits per heavy atom. The second-order valence-corrected chi connectivity index (χ2v) is 7.26. The highest BCUT2D eigenvalue weighted by Crippen LogP contribution is 2.27. The minimum Gasteiger partial charge on any atom is -0.493 e. The summed E-state index contributed by atoms with van der Waals surface area (Å²) in [6.45, 7) is 4.81. The maximum Gasteiger partial charge on any atom is 0.230 e. The number of nitrogens with one attached hydrogen (secondary N) is 1. The summed E-state index contributed by atoms with van der Waals surface area (Å²) in [6, 6.07) is 12.3. The third kappa shape index (κ3) is 6.30. The van der Waals surface area contributed by atoms with Crippen LogP contribution in [-0.2, 0) is 17.0 Å². The minimum absolute atomic E-state index is 0.0693. The lowest BCUT2D eigenvalue weighted by molar-refractivity contribution is -0.118. The molecule has 0 saturated heterocycles. The van der Waals surface area contributed by atoms with Crippen LogP contribution in [0.1, 0.15) is 22.3 Å². The molecule has 2 rings (SSSR count). The van der Waals surface area contributed by atoms with E-state index in [0.29, 0.717) is 23.8 Å². The number of aryl methyl sites for hydroxylation is 2. The average molecular weight is 374 g/mol. The van der Waals surface area contributed by atoms with Crippen molar-refractivity contribution >= 4 is 17.7 Å². The summed E-state index contributed by atoms with van der Waals surface area (Å²) < 4.78 is 10.5. The third-order valence-electron chi connectivity index (χ3n) is 3.97. The van der Waals surface area contributed by atoms with Gasteiger partial charge in [0.15, 0.2) is 11.5 Å². The molecule has 5 heteroatoms. The molecule has 0 aliphatic rings. The summed E-state index contributed by atoms with van der Waals surface area (Å²) in [7, 11) is 3.24. The highest BCUT2D eigenvalue weighted by molar-refractivity contribution is 7.99. The lowest BCUT2D eigenvalue weighted by atomic mass is 10.1. The summed E-state index contributed by atoms with van der Waals surface area (Å²) in [6.07, 6.45) is 0.758. The molecule has 0 unspecified atom stereocenters. The van der Waals surface area contributed by atoms with Gasteiger partial charge in [-0.1, -0.05) is 35.4 Å². The lowest BCUT2D eigenvalue weighted by Gasteiger charge is -2.10. The number of methoxy groups -OCH3 is 2. The van der Waals surface area contributed by atoms with E-state index < -0.39 is 0 Å². The maximum absolute atomic E-state index is 12.0. The molecule has 2 aromatic carbocycles. The van der Waals surface area contributed by atoms with E-state index in [0.717, 1.165) is 17.7 Å². The topological polar surface area (TPSA) is 47.6 Å². The lowest BCUT2D eigenvalue weighted by Crippen LogP contribution is -2.27. The molecule has 4 nitrogen and oxygen atoms in total. The van der Waals surface area contributed by atoms with Gasteiger partial charge >= 0.3 is 0 Å². The Hall–Kier alpha value is -2.14. The van der Waals surface area contributed by atoms with Gasteiger partial charge in [0.05, 0.1) is 20.0 Å². The molecule has 0 spiro atoms. The number of thioether (sulfide) groups is 1. The van der Waals surface area contributed by atoms with Crippen LogP contribution in [0.2, 0.25) is 0 Å². The molecule has 0 radical (unpaired) electrons. The minimum atomic E-state index is 0.0693. The van der Waals surface area contributed by atoms with E-state index in [1.165, 1.54) is 16.7 Å². The first kappa shape index (κ1) is 20.2. The van der Waals surface area contributed by atoms with Gasteiger partial charge in [0.1, 0.15) is 0 Å². The van der Waals surface area contributed by atoms with Crippen molar-refractivity contribution in [2.75, 3.05) is 26.5 Å². The van der Waals surface area contributed by atoms with Gasteiger partial charge in [0.25, 0.3) is 0 Å². The molecule has 0 atom stereocenters. The molecule has 0 aliphatic carbocycles. The number of hydrogen-bond donors (Lipinski definition) is 1. The van der Waals surface area contributed by atoms with Crippen LogP contribution in [0.5, 0.6) is 11.5 Å². The molecule has 0 heterocycles. The standard InChI is InChI=1S/C21H27NO3S/c1-15-9-16(2)11-18(10-15)13-26-14-21(23)22-8-7-17-5-6-19(24-3)20(12-17)25-4/h5-6,9-12H,7-8,13-14H2,1-4H3,(H,22,23). The fraction of sp³-hybridized carbons (Fsp3) is 0.381. The second-order valence-electron chi connectivity index (χ2n) is 6.28. The molecule has 0 aromatic heterocycles. The van der Waals surface area contributed by atoms with Gasteiger partial charge in [-0.3, -0.25) is 4.79 Å². The molecular formula is C21H27NO3S. The van der Waals surface area contributed by atoms with Crippen LogP contribution in [0.3, 0.4) is 0 Å². The van der Waals surface area contributed by atoms with Crippen LogP contribution in [-0.4, -0.2) is 32.4 Å². The highest BCUT2D eigenvalue weighted by Gasteiger charge is 2.06. The Balaban J connectivity index is 1.72. The smallest absolute Gasteiger partial charge is 0.230 e. The largest absolute Gasteiger partial charge is 0.493 e. The van der Waals surface area contributed by atoms with E-state index in [-0.39, 0.29) is 5.91 Å². The quantitative estimate of drug-likeness (QED) is 0.724. The molecular weight excluding hydrogens is 346 g/mol. The van der Waals surface area contributed by atoms with Gasteiger partial charge in [-0.2, -0.15) is 0 Å².